The second-order valence-electron chi connectivity index (χ2n) is 8.85. The summed E-state index contributed by atoms with van der Waals surface area (Å²) in [5.74, 6) is 1.71. The Morgan fingerprint density at radius 3 is 2.22 bits per heavy atom. The lowest BCUT2D eigenvalue weighted by molar-refractivity contribution is -0.141. The van der Waals surface area contributed by atoms with E-state index in [1.807, 2.05) is 4.90 Å². The average molecular weight is 383 g/mol. The minimum Gasteiger partial charge on any atom is -0.369 e. The Morgan fingerprint density at radius 1 is 1.09 bits per heavy atom. The fourth-order valence-electron chi connectivity index (χ4n) is 6.39. The molecule has 2 atom stereocenters. The third-order valence-electron chi connectivity index (χ3n) is 6.89. The molecule has 5 rings (SSSR count). The number of alkyl halides is 1. The highest BCUT2D eigenvalue weighted by molar-refractivity contribution is 9.10. The van der Waals surface area contributed by atoms with Crippen LogP contribution >= 0.6 is 15.9 Å². The van der Waals surface area contributed by atoms with Crippen LogP contribution in [0.1, 0.15) is 57.8 Å². The van der Waals surface area contributed by atoms with Gasteiger partial charge in [0.05, 0.1) is 0 Å². The van der Waals surface area contributed by atoms with Gasteiger partial charge in [0.2, 0.25) is 11.8 Å². The number of hydrogen-bond donors (Lipinski definition) is 1. The van der Waals surface area contributed by atoms with E-state index in [1.54, 1.807) is 0 Å². The molecule has 23 heavy (non-hydrogen) atoms. The fraction of sp³-hybridized carbons (Fsp3) is 0.889. The van der Waals surface area contributed by atoms with Crippen molar-refractivity contribution in [2.75, 3.05) is 13.1 Å². The Hall–Kier alpha value is -0.580. The lowest BCUT2D eigenvalue weighted by Gasteiger charge is -2.60. The van der Waals surface area contributed by atoms with Gasteiger partial charge in [0.25, 0.3) is 0 Å². The van der Waals surface area contributed by atoms with Crippen molar-refractivity contribution < 1.29 is 9.59 Å². The number of piperidine rings is 1. The predicted octanol–water partition coefficient (Wildman–Crippen LogP) is 2.83. The molecule has 5 fully saturated rings. The molecule has 0 aromatic rings. The third-order valence-corrected chi connectivity index (χ3v) is 7.81. The van der Waals surface area contributed by atoms with Crippen molar-refractivity contribution in [1.29, 1.82) is 0 Å². The Balaban J connectivity index is 1.40. The molecule has 0 spiro atoms. The van der Waals surface area contributed by atoms with Gasteiger partial charge in [0.1, 0.15) is 0 Å². The zero-order chi connectivity index (χ0) is 16.2. The number of carbonyl (C=O) groups is 2. The number of primary amides is 1. The van der Waals surface area contributed by atoms with E-state index < -0.39 is 0 Å². The van der Waals surface area contributed by atoms with E-state index in [4.69, 9.17) is 5.73 Å². The van der Waals surface area contributed by atoms with E-state index in [0.717, 1.165) is 24.7 Å². The normalized spacial score (nSPS) is 42.9. The number of carbonyl (C=O) groups excluding carboxylic acids is 2. The molecule has 4 bridgehead atoms. The zero-order valence-electron chi connectivity index (χ0n) is 13.7. The maximum atomic E-state index is 12.9. The summed E-state index contributed by atoms with van der Waals surface area (Å²) in [7, 11) is 0. The highest BCUT2D eigenvalue weighted by atomic mass is 79.9. The zero-order valence-corrected chi connectivity index (χ0v) is 15.3. The van der Waals surface area contributed by atoms with Gasteiger partial charge >= 0.3 is 0 Å². The summed E-state index contributed by atoms with van der Waals surface area (Å²) in [5, 5.41) is 0. The van der Waals surface area contributed by atoms with Gasteiger partial charge in [-0.15, -0.1) is 0 Å². The number of hydrogen-bond acceptors (Lipinski definition) is 2. The monoisotopic (exact) mass is 382 g/mol. The molecule has 2 N–H and O–H groups in total. The number of likely N-dealkylation sites (tertiary alicyclic amines) is 1. The number of rotatable bonds is 3. The van der Waals surface area contributed by atoms with Gasteiger partial charge < -0.3 is 10.6 Å². The fourth-order valence-corrected chi connectivity index (χ4v) is 7.90. The summed E-state index contributed by atoms with van der Waals surface area (Å²) < 4.78 is 0.316. The highest BCUT2D eigenvalue weighted by Crippen LogP contribution is 2.65. The van der Waals surface area contributed by atoms with Crippen LogP contribution in [0.25, 0.3) is 0 Å². The minimum absolute atomic E-state index is 0.0376. The molecule has 2 amide bonds. The molecule has 5 heteroatoms. The van der Waals surface area contributed by atoms with E-state index in [1.165, 1.54) is 38.5 Å². The number of halogens is 1. The SMILES string of the molecule is NC(=O)C1CCN(C(=O)CC23C[C@H]4C[C@@H](CC(Br)(C4)C2)C3)CC1. The molecular formula is C18H27BrN2O2. The Kier molecular flexibility index (Phi) is 3.78. The molecule has 128 valence electrons. The second kappa shape index (κ2) is 5.47. The lowest BCUT2D eigenvalue weighted by atomic mass is 9.48. The first-order valence-electron chi connectivity index (χ1n) is 9.13. The second-order valence-corrected chi connectivity index (χ2v) is 10.5. The summed E-state index contributed by atoms with van der Waals surface area (Å²) in [5.41, 5.74) is 5.63. The molecule has 5 aliphatic rings. The van der Waals surface area contributed by atoms with Crippen LogP contribution in [-0.2, 0) is 9.59 Å². The first-order valence-corrected chi connectivity index (χ1v) is 9.92. The molecule has 1 aliphatic heterocycles. The van der Waals surface area contributed by atoms with Gasteiger partial charge in [-0.25, -0.2) is 0 Å². The van der Waals surface area contributed by atoms with E-state index in [9.17, 15) is 9.59 Å². The van der Waals surface area contributed by atoms with Gasteiger partial charge in [0, 0.05) is 29.8 Å². The summed E-state index contributed by atoms with van der Waals surface area (Å²) in [6.45, 7) is 1.41. The van der Waals surface area contributed by atoms with Gasteiger partial charge in [-0.1, -0.05) is 15.9 Å². The molecular weight excluding hydrogens is 356 g/mol. The van der Waals surface area contributed by atoms with E-state index in [0.29, 0.717) is 29.7 Å². The van der Waals surface area contributed by atoms with Crippen LogP contribution in [0.2, 0.25) is 0 Å². The lowest BCUT2D eigenvalue weighted by Crippen LogP contribution is -2.54. The standard InChI is InChI=1S/C18H27BrN2O2/c19-18-8-12-5-13(9-18)7-17(6-12,11-18)10-15(22)21-3-1-14(2-4-21)16(20)23/h12-14H,1-11H2,(H2,20,23)/t12-,13-,17?,18?/m1/s1. The van der Waals surface area contributed by atoms with E-state index in [-0.39, 0.29) is 17.2 Å². The molecule has 0 unspecified atom stereocenters. The molecule has 4 aliphatic carbocycles. The van der Waals surface area contributed by atoms with E-state index in [2.05, 4.69) is 15.9 Å². The van der Waals surface area contributed by atoms with Crippen molar-refractivity contribution in [3.63, 3.8) is 0 Å². The van der Waals surface area contributed by atoms with Crippen molar-refractivity contribution in [3.8, 4) is 0 Å². The summed E-state index contributed by atoms with van der Waals surface area (Å²) >= 11 is 4.03. The van der Waals surface area contributed by atoms with Crippen LogP contribution in [0.15, 0.2) is 0 Å². The summed E-state index contributed by atoms with van der Waals surface area (Å²) in [6.07, 6.45) is 9.87. The van der Waals surface area contributed by atoms with Crippen LogP contribution in [0, 0.1) is 23.2 Å². The van der Waals surface area contributed by atoms with Crippen LogP contribution in [0.4, 0.5) is 0 Å². The highest BCUT2D eigenvalue weighted by Gasteiger charge is 2.57. The van der Waals surface area contributed by atoms with Crippen molar-refractivity contribution in [3.05, 3.63) is 0 Å². The van der Waals surface area contributed by atoms with Gasteiger partial charge in [-0.3, -0.25) is 9.59 Å². The largest absolute Gasteiger partial charge is 0.369 e. The molecule has 0 aromatic heterocycles. The Labute approximate surface area is 146 Å². The van der Waals surface area contributed by atoms with Crippen LogP contribution in [-0.4, -0.2) is 34.1 Å². The molecule has 4 saturated carbocycles. The number of nitrogens with zero attached hydrogens (tertiary/aromatic N) is 1. The van der Waals surface area contributed by atoms with Crippen LogP contribution in [0.5, 0.6) is 0 Å². The quantitative estimate of drug-likeness (QED) is 0.762. The molecule has 1 saturated heterocycles. The van der Waals surface area contributed by atoms with Crippen molar-refractivity contribution >= 4 is 27.7 Å². The maximum absolute atomic E-state index is 12.9. The molecule has 0 radical (unpaired) electrons. The maximum Gasteiger partial charge on any atom is 0.223 e. The predicted molar refractivity (Wildman–Crippen MR) is 91.9 cm³/mol. The number of nitrogens with two attached hydrogens (primary N) is 1. The third kappa shape index (κ3) is 2.94. The average Bonchev–Trinajstić information content (AvgIpc) is 2.44. The first kappa shape index (κ1) is 15.9. The molecule has 1 heterocycles. The topological polar surface area (TPSA) is 63.4 Å². The first-order chi connectivity index (χ1) is 10.9. The summed E-state index contributed by atoms with van der Waals surface area (Å²) in [4.78, 5) is 26.1. The number of amides is 2. The van der Waals surface area contributed by atoms with Crippen molar-refractivity contribution in [2.45, 2.75) is 62.1 Å². The Bertz CT molecular complexity index is 513. The molecule has 4 nitrogen and oxygen atoms in total. The van der Waals surface area contributed by atoms with Gasteiger partial charge in [0.15, 0.2) is 0 Å². The smallest absolute Gasteiger partial charge is 0.223 e. The van der Waals surface area contributed by atoms with Crippen LogP contribution < -0.4 is 5.73 Å². The van der Waals surface area contributed by atoms with Gasteiger partial charge in [-0.2, -0.15) is 0 Å². The van der Waals surface area contributed by atoms with Crippen molar-refractivity contribution in [1.82, 2.24) is 4.90 Å². The Morgan fingerprint density at radius 2 is 1.70 bits per heavy atom. The van der Waals surface area contributed by atoms with E-state index >= 15 is 0 Å². The minimum atomic E-state index is -0.209. The summed E-state index contributed by atoms with van der Waals surface area (Å²) in [6, 6.07) is 0. The molecule has 0 aromatic carbocycles. The van der Waals surface area contributed by atoms with Crippen LogP contribution in [0.3, 0.4) is 0 Å². The van der Waals surface area contributed by atoms with Crippen molar-refractivity contribution in [2.24, 2.45) is 28.9 Å². The van der Waals surface area contributed by atoms with Gasteiger partial charge in [-0.05, 0) is 68.6 Å².